The predicted octanol–water partition coefficient (Wildman–Crippen LogP) is 2.49. The lowest BCUT2D eigenvalue weighted by Crippen LogP contribution is -2.34. The topological polar surface area (TPSA) is 83.1 Å². The fourth-order valence-electron chi connectivity index (χ4n) is 2.45. The number of likely N-dealkylation sites (N-methyl/N-ethyl adjacent to an activating group) is 1. The molecule has 1 atom stereocenters. The Kier molecular flexibility index (Phi) is 7.91. The molecule has 27 heavy (non-hydrogen) atoms. The zero-order valence-corrected chi connectivity index (χ0v) is 15.9. The molecule has 0 radical (unpaired) electrons. The molecule has 0 aliphatic carbocycles. The Labute approximate surface area is 159 Å². The fraction of sp³-hybridized carbons (Fsp3) is 0.350. The number of nitrogens with one attached hydrogen (secondary N) is 2. The van der Waals surface area contributed by atoms with Gasteiger partial charge in [-0.3, -0.25) is 0 Å². The number of hydrogen-bond donors (Lipinski definition) is 3. The quantitative estimate of drug-likeness (QED) is 0.629. The zero-order valence-electron chi connectivity index (χ0n) is 15.9. The summed E-state index contributed by atoms with van der Waals surface area (Å²) in [5.41, 5.74) is 1.40. The monoisotopic (exact) mass is 373 g/mol. The van der Waals surface area contributed by atoms with Crippen molar-refractivity contribution in [1.82, 2.24) is 10.2 Å². The number of benzene rings is 2. The van der Waals surface area contributed by atoms with Crippen molar-refractivity contribution >= 4 is 11.7 Å². The largest absolute Gasteiger partial charge is 0.493 e. The van der Waals surface area contributed by atoms with E-state index in [2.05, 4.69) is 10.6 Å². The van der Waals surface area contributed by atoms with Gasteiger partial charge in [0.05, 0.1) is 19.8 Å². The summed E-state index contributed by atoms with van der Waals surface area (Å²) in [5, 5.41) is 15.1. The van der Waals surface area contributed by atoms with Gasteiger partial charge >= 0.3 is 6.03 Å². The van der Waals surface area contributed by atoms with Gasteiger partial charge in [0.2, 0.25) is 0 Å². The minimum Gasteiger partial charge on any atom is -0.493 e. The average molecular weight is 373 g/mol. The van der Waals surface area contributed by atoms with Crippen LogP contribution in [0.15, 0.2) is 48.5 Å². The third-order valence-electron chi connectivity index (χ3n) is 3.91. The van der Waals surface area contributed by atoms with E-state index in [4.69, 9.17) is 9.47 Å². The SMILES string of the molecule is COc1ccc(NC(=O)N[C@@H](CO)c2ccccc2)cc1OCCN(C)C. The summed E-state index contributed by atoms with van der Waals surface area (Å²) < 4.78 is 11.1. The number of methoxy groups -OCH3 is 1. The summed E-state index contributed by atoms with van der Waals surface area (Å²) in [6.45, 7) is 1.06. The smallest absolute Gasteiger partial charge is 0.319 e. The van der Waals surface area contributed by atoms with E-state index in [0.29, 0.717) is 23.8 Å². The molecule has 0 fully saturated rings. The van der Waals surface area contributed by atoms with Gasteiger partial charge in [-0.1, -0.05) is 30.3 Å². The molecule has 0 aliphatic heterocycles. The molecular formula is C20H27N3O4. The third kappa shape index (κ3) is 6.47. The summed E-state index contributed by atoms with van der Waals surface area (Å²) in [5.74, 6) is 1.15. The molecule has 2 aromatic carbocycles. The van der Waals surface area contributed by atoms with Gasteiger partial charge in [0.15, 0.2) is 11.5 Å². The molecule has 2 rings (SSSR count). The summed E-state index contributed by atoms with van der Waals surface area (Å²) in [4.78, 5) is 14.3. The van der Waals surface area contributed by atoms with E-state index >= 15 is 0 Å². The van der Waals surface area contributed by atoms with Crippen molar-refractivity contribution in [3.63, 3.8) is 0 Å². The molecule has 2 amide bonds. The van der Waals surface area contributed by atoms with Crippen LogP contribution in [-0.2, 0) is 0 Å². The molecule has 0 saturated carbocycles. The van der Waals surface area contributed by atoms with E-state index in [-0.39, 0.29) is 6.61 Å². The molecule has 146 valence electrons. The van der Waals surface area contributed by atoms with Gasteiger partial charge in [0, 0.05) is 18.3 Å². The average Bonchev–Trinajstić information content (AvgIpc) is 2.66. The Bertz CT molecular complexity index is 722. The van der Waals surface area contributed by atoms with Gasteiger partial charge in [-0.2, -0.15) is 0 Å². The molecule has 0 unspecified atom stereocenters. The molecule has 0 aromatic heterocycles. The second-order valence-corrected chi connectivity index (χ2v) is 6.26. The summed E-state index contributed by atoms with van der Waals surface area (Å²) in [7, 11) is 5.50. The number of rotatable bonds is 9. The van der Waals surface area contributed by atoms with E-state index in [1.54, 1.807) is 25.3 Å². The Morgan fingerprint density at radius 2 is 1.89 bits per heavy atom. The molecule has 0 heterocycles. The highest BCUT2D eigenvalue weighted by molar-refractivity contribution is 5.90. The van der Waals surface area contributed by atoms with Crippen LogP contribution >= 0.6 is 0 Å². The van der Waals surface area contributed by atoms with Crippen molar-refractivity contribution in [1.29, 1.82) is 0 Å². The van der Waals surface area contributed by atoms with Crippen molar-refractivity contribution in [2.75, 3.05) is 46.3 Å². The van der Waals surface area contributed by atoms with Crippen LogP contribution in [0.2, 0.25) is 0 Å². The van der Waals surface area contributed by atoms with Crippen LogP contribution in [0, 0.1) is 0 Å². The minimum absolute atomic E-state index is 0.195. The number of amides is 2. The second-order valence-electron chi connectivity index (χ2n) is 6.26. The summed E-state index contributed by atoms with van der Waals surface area (Å²) in [6, 6.07) is 13.6. The molecule has 3 N–H and O–H groups in total. The highest BCUT2D eigenvalue weighted by atomic mass is 16.5. The minimum atomic E-state index is -0.486. The molecule has 2 aromatic rings. The number of hydrogen-bond acceptors (Lipinski definition) is 5. The van der Waals surface area contributed by atoms with E-state index in [1.165, 1.54) is 0 Å². The van der Waals surface area contributed by atoms with Crippen molar-refractivity contribution in [3.8, 4) is 11.5 Å². The molecule has 7 heteroatoms. The number of urea groups is 1. The number of aliphatic hydroxyl groups excluding tert-OH is 1. The highest BCUT2D eigenvalue weighted by Crippen LogP contribution is 2.30. The van der Waals surface area contributed by atoms with E-state index in [0.717, 1.165) is 12.1 Å². The van der Waals surface area contributed by atoms with Crippen LogP contribution in [0.3, 0.4) is 0 Å². The zero-order chi connectivity index (χ0) is 19.6. The van der Waals surface area contributed by atoms with Gasteiger partial charge in [-0.25, -0.2) is 4.79 Å². The van der Waals surface area contributed by atoms with Crippen LogP contribution in [-0.4, -0.2) is 57.0 Å². The lowest BCUT2D eigenvalue weighted by Gasteiger charge is -2.18. The standard InChI is InChI=1S/C20H27N3O4/c1-23(2)11-12-27-19-13-16(9-10-18(19)26-3)21-20(25)22-17(14-24)15-7-5-4-6-8-15/h4-10,13,17,24H,11-12,14H2,1-3H3,(H2,21,22,25)/t17-/m0/s1. The van der Waals surface area contributed by atoms with Crippen molar-refractivity contribution in [3.05, 3.63) is 54.1 Å². The number of ether oxygens (including phenoxy) is 2. The lowest BCUT2D eigenvalue weighted by molar-refractivity contribution is 0.225. The van der Waals surface area contributed by atoms with E-state index in [1.807, 2.05) is 49.3 Å². The lowest BCUT2D eigenvalue weighted by atomic mass is 10.1. The van der Waals surface area contributed by atoms with Gasteiger partial charge < -0.3 is 30.1 Å². The van der Waals surface area contributed by atoms with Crippen molar-refractivity contribution < 1.29 is 19.4 Å². The van der Waals surface area contributed by atoms with Crippen LogP contribution in [0.1, 0.15) is 11.6 Å². The third-order valence-corrected chi connectivity index (χ3v) is 3.91. The Hall–Kier alpha value is -2.77. The number of nitrogens with zero attached hydrogens (tertiary/aromatic N) is 1. The maximum absolute atomic E-state index is 12.3. The molecule has 7 nitrogen and oxygen atoms in total. The Balaban J connectivity index is 2.01. The first-order valence-corrected chi connectivity index (χ1v) is 8.72. The molecule has 0 saturated heterocycles. The highest BCUT2D eigenvalue weighted by Gasteiger charge is 2.14. The summed E-state index contributed by atoms with van der Waals surface area (Å²) >= 11 is 0. The number of carbonyl (C=O) groups is 1. The normalized spacial score (nSPS) is 11.7. The first kappa shape index (κ1) is 20.5. The molecule has 0 spiro atoms. The number of anilines is 1. The van der Waals surface area contributed by atoms with Crippen LogP contribution in [0.25, 0.3) is 0 Å². The van der Waals surface area contributed by atoms with Gasteiger partial charge in [0.25, 0.3) is 0 Å². The van der Waals surface area contributed by atoms with Gasteiger partial charge in [0.1, 0.15) is 6.61 Å². The molecule has 0 bridgehead atoms. The van der Waals surface area contributed by atoms with E-state index < -0.39 is 12.1 Å². The van der Waals surface area contributed by atoms with Crippen molar-refractivity contribution in [2.45, 2.75) is 6.04 Å². The van der Waals surface area contributed by atoms with Crippen LogP contribution in [0.5, 0.6) is 11.5 Å². The Morgan fingerprint density at radius 1 is 1.15 bits per heavy atom. The molecular weight excluding hydrogens is 346 g/mol. The van der Waals surface area contributed by atoms with Crippen LogP contribution in [0.4, 0.5) is 10.5 Å². The van der Waals surface area contributed by atoms with Crippen molar-refractivity contribution in [2.24, 2.45) is 0 Å². The Morgan fingerprint density at radius 3 is 2.52 bits per heavy atom. The summed E-state index contributed by atoms with van der Waals surface area (Å²) in [6.07, 6.45) is 0. The maximum atomic E-state index is 12.3. The maximum Gasteiger partial charge on any atom is 0.319 e. The number of carbonyl (C=O) groups excluding carboxylic acids is 1. The first-order chi connectivity index (χ1) is 13.0. The van der Waals surface area contributed by atoms with E-state index in [9.17, 15) is 9.90 Å². The number of aliphatic hydroxyl groups is 1. The second kappa shape index (κ2) is 10.4. The van der Waals surface area contributed by atoms with Gasteiger partial charge in [-0.15, -0.1) is 0 Å². The predicted molar refractivity (Wildman–Crippen MR) is 105 cm³/mol. The van der Waals surface area contributed by atoms with Crippen LogP contribution < -0.4 is 20.1 Å². The van der Waals surface area contributed by atoms with Gasteiger partial charge in [-0.05, 0) is 31.8 Å². The first-order valence-electron chi connectivity index (χ1n) is 8.72. The molecule has 0 aliphatic rings. The fourth-order valence-corrected chi connectivity index (χ4v) is 2.45.